The van der Waals surface area contributed by atoms with Crippen LogP contribution in [0.5, 0.6) is 0 Å². The lowest BCUT2D eigenvalue weighted by molar-refractivity contribution is -0.120. The highest BCUT2D eigenvalue weighted by atomic mass is 16.5. The molecule has 2 atom stereocenters. The van der Waals surface area contributed by atoms with Gasteiger partial charge in [-0.2, -0.15) is 0 Å². The number of H-pyrrole nitrogens is 1. The first-order valence-electron chi connectivity index (χ1n) is 9.75. The molecule has 0 saturated carbocycles. The zero-order valence-electron chi connectivity index (χ0n) is 15.9. The van der Waals surface area contributed by atoms with Gasteiger partial charge in [-0.3, -0.25) is 4.79 Å². The van der Waals surface area contributed by atoms with Gasteiger partial charge in [-0.15, -0.1) is 0 Å². The molecule has 0 spiro atoms. The molecule has 1 fully saturated rings. The van der Waals surface area contributed by atoms with Crippen LogP contribution in [0.2, 0.25) is 0 Å². The molecule has 3 aromatic rings. The van der Waals surface area contributed by atoms with Gasteiger partial charge in [-0.05, 0) is 49.2 Å². The van der Waals surface area contributed by atoms with Crippen LogP contribution in [0.1, 0.15) is 40.9 Å². The van der Waals surface area contributed by atoms with E-state index in [-0.39, 0.29) is 23.7 Å². The van der Waals surface area contributed by atoms with Crippen molar-refractivity contribution in [2.45, 2.75) is 31.7 Å². The third kappa shape index (κ3) is 3.71. The second-order valence-corrected chi connectivity index (χ2v) is 7.21. The molecule has 5 heteroatoms. The standard InChI is InChI=1S/C23H24N2O3/c1-2-28-23(27)20-14-17-12-15(8-9-19(17)25-20)13-21(26)22-18(10-11-24-22)16-6-4-3-5-7-16/h3-9,12,14,18,22,24-25H,2,10-11,13H2,1H3/t18-,22+/m1/s1. The number of carbonyl (C=O) groups excluding carboxylic acids is 2. The van der Waals surface area contributed by atoms with Gasteiger partial charge in [0.1, 0.15) is 5.69 Å². The highest BCUT2D eigenvalue weighted by Gasteiger charge is 2.33. The van der Waals surface area contributed by atoms with E-state index in [1.807, 2.05) is 36.4 Å². The summed E-state index contributed by atoms with van der Waals surface area (Å²) in [6.07, 6.45) is 1.34. The third-order valence-electron chi connectivity index (χ3n) is 5.36. The van der Waals surface area contributed by atoms with E-state index in [9.17, 15) is 9.59 Å². The predicted octanol–water partition coefficient (Wildman–Crippen LogP) is 3.60. The Bertz CT molecular complexity index is 994. The van der Waals surface area contributed by atoms with Gasteiger partial charge in [0.05, 0.1) is 12.6 Å². The molecule has 1 aromatic heterocycles. The van der Waals surface area contributed by atoms with E-state index in [0.29, 0.717) is 18.7 Å². The monoisotopic (exact) mass is 376 g/mol. The number of Topliss-reactive ketones (excluding diaryl/α,β-unsaturated/α-hetero) is 1. The molecule has 4 rings (SSSR count). The number of ketones is 1. The Morgan fingerprint density at radius 3 is 2.71 bits per heavy atom. The van der Waals surface area contributed by atoms with E-state index in [1.54, 1.807) is 13.0 Å². The molecule has 2 heterocycles. The van der Waals surface area contributed by atoms with Gasteiger partial charge in [0.15, 0.2) is 5.78 Å². The van der Waals surface area contributed by atoms with E-state index < -0.39 is 0 Å². The molecule has 0 radical (unpaired) electrons. The summed E-state index contributed by atoms with van der Waals surface area (Å²) in [7, 11) is 0. The van der Waals surface area contributed by atoms with Crippen molar-refractivity contribution in [3.05, 3.63) is 71.4 Å². The quantitative estimate of drug-likeness (QED) is 0.645. The van der Waals surface area contributed by atoms with Gasteiger partial charge < -0.3 is 15.0 Å². The molecule has 1 saturated heterocycles. The van der Waals surface area contributed by atoms with Crippen molar-refractivity contribution in [2.24, 2.45) is 0 Å². The first-order valence-corrected chi connectivity index (χ1v) is 9.75. The minimum absolute atomic E-state index is 0.153. The number of ether oxygens (including phenoxy) is 1. The molecule has 0 unspecified atom stereocenters. The minimum Gasteiger partial charge on any atom is -0.461 e. The summed E-state index contributed by atoms with van der Waals surface area (Å²) in [5, 5.41) is 4.29. The average molecular weight is 376 g/mol. The molecule has 2 aromatic carbocycles. The summed E-state index contributed by atoms with van der Waals surface area (Å²) in [4.78, 5) is 28.0. The Hall–Kier alpha value is -2.92. The van der Waals surface area contributed by atoms with Crippen LogP contribution in [0, 0.1) is 0 Å². The van der Waals surface area contributed by atoms with E-state index >= 15 is 0 Å². The highest BCUT2D eigenvalue weighted by Crippen LogP contribution is 2.29. The number of nitrogens with one attached hydrogen (secondary N) is 2. The lowest BCUT2D eigenvalue weighted by Crippen LogP contribution is -2.35. The number of rotatable bonds is 6. The molecule has 28 heavy (non-hydrogen) atoms. The first-order chi connectivity index (χ1) is 13.7. The van der Waals surface area contributed by atoms with Crippen molar-refractivity contribution >= 4 is 22.7 Å². The molecule has 0 aliphatic carbocycles. The second kappa shape index (κ2) is 7.98. The van der Waals surface area contributed by atoms with Crippen molar-refractivity contribution in [1.82, 2.24) is 10.3 Å². The van der Waals surface area contributed by atoms with Crippen LogP contribution in [-0.2, 0) is 16.0 Å². The van der Waals surface area contributed by atoms with Gasteiger partial charge in [0.2, 0.25) is 0 Å². The molecule has 144 valence electrons. The van der Waals surface area contributed by atoms with Crippen molar-refractivity contribution in [2.75, 3.05) is 13.2 Å². The largest absolute Gasteiger partial charge is 0.461 e. The zero-order chi connectivity index (χ0) is 19.5. The van der Waals surface area contributed by atoms with Crippen molar-refractivity contribution in [3.8, 4) is 0 Å². The summed E-state index contributed by atoms with van der Waals surface area (Å²) >= 11 is 0. The fourth-order valence-electron chi connectivity index (χ4n) is 4.02. The Kier molecular flexibility index (Phi) is 5.26. The topological polar surface area (TPSA) is 71.2 Å². The Morgan fingerprint density at radius 1 is 1.11 bits per heavy atom. The smallest absolute Gasteiger partial charge is 0.354 e. The predicted molar refractivity (Wildman–Crippen MR) is 109 cm³/mol. The second-order valence-electron chi connectivity index (χ2n) is 7.21. The molecule has 0 bridgehead atoms. The Labute approximate surface area is 164 Å². The van der Waals surface area contributed by atoms with E-state index in [2.05, 4.69) is 22.4 Å². The van der Waals surface area contributed by atoms with E-state index in [4.69, 9.17) is 4.74 Å². The van der Waals surface area contributed by atoms with Crippen LogP contribution in [0.4, 0.5) is 0 Å². The maximum absolute atomic E-state index is 13.0. The van der Waals surface area contributed by atoms with E-state index in [0.717, 1.165) is 29.4 Å². The number of benzene rings is 2. The number of hydrogen-bond acceptors (Lipinski definition) is 4. The summed E-state index contributed by atoms with van der Waals surface area (Å²) < 4.78 is 5.04. The maximum atomic E-state index is 13.0. The van der Waals surface area contributed by atoms with E-state index in [1.165, 1.54) is 5.56 Å². The Morgan fingerprint density at radius 2 is 1.93 bits per heavy atom. The SMILES string of the molecule is CCOC(=O)c1cc2cc(CC(=O)[C@H]3NCC[C@@H]3c3ccccc3)ccc2[nH]1. The number of fused-ring (bicyclic) bond motifs is 1. The molecule has 2 N–H and O–H groups in total. The summed E-state index contributed by atoms with van der Waals surface area (Å²) in [6, 6.07) is 17.7. The number of aromatic amines is 1. The van der Waals surface area contributed by atoms with Crippen LogP contribution in [0.3, 0.4) is 0 Å². The summed E-state index contributed by atoms with van der Waals surface area (Å²) in [5.41, 5.74) is 3.46. The molecular formula is C23H24N2O3. The van der Waals surface area contributed by atoms with Gasteiger partial charge >= 0.3 is 5.97 Å². The number of carbonyl (C=O) groups is 2. The van der Waals surface area contributed by atoms with Crippen molar-refractivity contribution in [1.29, 1.82) is 0 Å². The van der Waals surface area contributed by atoms with Crippen LogP contribution >= 0.6 is 0 Å². The number of esters is 1. The van der Waals surface area contributed by atoms with Crippen LogP contribution in [0.15, 0.2) is 54.6 Å². The van der Waals surface area contributed by atoms with Crippen molar-refractivity contribution < 1.29 is 14.3 Å². The average Bonchev–Trinajstić information content (AvgIpc) is 3.36. The van der Waals surface area contributed by atoms with Crippen LogP contribution in [0.25, 0.3) is 10.9 Å². The van der Waals surface area contributed by atoms with Crippen molar-refractivity contribution in [3.63, 3.8) is 0 Å². The van der Waals surface area contributed by atoms with Gasteiger partial charge in [-0.1, -0.05) is 36.4 Å². The summed E-state index contributed by atoms with van der Waals surface area (Å²) in [5.74, 6) is 0.0594. The van der Waals surface area contributed by atoms with Crippen LogP contribution < -0.4 is 5.32 Å². The fraction of sp³-hybridized carbons (Fsp3) is 0.304. The summed E-state index contributed by atoms with van der Waals surface area (Å²) in [6.45, 7) is 2.98. The molecule has 1 aliphatic rings. The highest BCUT2D eigenvalue weighted by molar-refractivity contribution is 5.95. The maximum Gasteiger partial charge on any atom is 0.354 e. The third-order valence-corrected chi connectivity index (χ3v) is 5.36. The fourth-order valence-corrected chi connectivity index (χ4v) is 4.02. The lowest BCUT2D eigenvalue weighted by atomic mass is 9.88. The van der Waals surface area contributed by atoms with Gasteiger partial charge in [0, 0.05) is 23.2 Å². The zero-order valence-corrected chi connectivity index (χ0v) is 15.9. The Balaban J connectivity index is 1.51. The molecule has 0 amide bonds. The lowest BCUT2D eigenvalue weighted by Gasteiger charge is -2.19. The number of hydrogen-bond donors (Lipinski definition) is 2. The first kappa shape index (κ1) is 18.4. The van der Waals surface area contributed by atoms with Crippen LogP contribution in [-0.4, -0.2) is 35.9 Å². The van der Waals surface area contributed by atoms with Gasteiger partial charge in [0.25, 0.3) is 0 Å². The van der Waals surface area contributed by atoms with Gasteiger partial charge in [-0.25, -0.2) is 4.79 Å². The molecular weight excluding hydrogens is 352 g/mol. The minimum atomic E-state index is -0.364. The molecule has 1 aliphatic heterocycles. The normalized spacial score (nSPS) is 19.0. The number of aromatic nitrogens is 1. The molecule has 5 nitrogen and oxygen atoms in total.